The van der Waals surface area contributed by atoms with Crippen molar-refractivity contribution in [3.05, 3.63) is 56.2 Å². The lowest BCUT2D eigenvalue weighted by Crippen LogP contribution is -2.22. The third-order valence-electron chi connectivity index (χ3n) is 3.03. The lowest BCUT2D eigenvalue weighted by atomic mass is 10.1. The van der Waals surface area contributed by atoms with Crippen molar-refractivity contribution in [3.63, 3.8) is 0 Å². The molecule has 0 aliphatic rings. The number of aryl methyl sites for hydroxylation is 1. The topological polar surface area (TPSA) is 26.0 Å². The second kappa shape index (κ2) is 6.93. The van der Waals surface area contributed by atoms with Gasteiger partial charge in [-0.2, -0.15) is 0 Å². The number of nitrogens with two attached hydrogens (primary N) is 1. The Labute approximate surface area is 131 Å². The van der Waals surface area contributed by atoms with Crippen LogP contribution in [0, 0.1) is 6.92 Å². The molecular weight excluding hydrogens is 338 g/mol. The Bertz CT molecular complexity index is 536. The van der Waals surface area contributed by atoms with Crippen LogP contribution >= 0.6 is 39.0 Å². The summed E-state index contributed by atoms with van der Waals surface area (Å²) in [5, 5.41) is 0.357. The summed E-state index contributed by atoms with van der Waals surface area (Å²) < 4.78 is 1.17. The van der Waals surface area contributed by atoms with Crippen molar-refractivity contribution in [2.24, 2.45) is 5.73 Å². The van der Waals surface area contributed by atoms with Gasteiger partial charge in [0.1, 0.15) is 0 Å². The molecule has 2 unspecified atom stereocenters. The minimum absolute atomic E-state index is 0.152. The van der Waals surface area contributed by atoms with Gasteiger partial charge in [-0.25, -0.2) is 0 Å². The minimum Gasteiger partial charge on any atom is -0.327 e. The quantitative estimate of drug-likeness (QED) is 0.803. The van der Waals surface area contributed by atoms with Crippen LogP contribution < -0.4 is 5.73 Å². The molecule has 0 aliphatic carbocycles. The van der Waals surface area contributed by atoms with E-state index in [-0.39, 0.29) is 6.04 Å². The van der Waals surface area contributed by atoms with Crippen LogP contribution in [0.15, 0.2) is 40.2 Å². The predicted molar refractivity (Wildman–Crippen MR) is 90.9 cm³/mol. The molecule has 2 N–H and O–H groups in total. The van der Waals surface area contributed by atoms with Crippen LogP contribution in [0.25, 0.3) is 0 Å². The average Bonchev–Trinajstić information content (AvgIpc) is 2.78. The highest BCUT2D eigenvalue weighted by Crippen LogP contribution is 2.39. The molecule has 1 heterocycles. The fourth-order valence-electron chi connectivity index (χ4n) is 1.93. The predicted octanol–water partition coefficient (Wildman–Crippen LogP) is 5.14. The molecule has 2 atom stereocenters. The van der Waals surface area contributed by atoms with E-state index in [2.05, 4.69) is 66.2 Å². The lowest BCUT2D eigenvalue weighted by molar-refractivity contribution is 0.730. The Hall–Kier alpha value is -0.290. The Morgan fingerprint density at radius 1 is 1.26 bits per heavy atom. The smallest absolute Gasteiger partial charge is 0.0701 e. The van der Waals surface area contributed by atoms with Crippen molar-refractivity contribution in [1.82, 2.24) is 0 Å². The molecule has 0 saturated heterocycles. The highest BCUT2D eigenvalue weighted by Gasteiger charge is 2.19. The van der Waals surface area contributed by atoms with Crippen LogP contribution in [-0.2, 0) is 5.75 Å². The van der Waals surface area contributed by atoms with E-state index in [0.29, 0.717) is 5.25 Å². The number of hydrogen-bond donors (Lipinski definition) is 1. The molecule has 1 aromatic carbocycles. The summed E-state index contributed by atoms with van der Waals surface area (Å²) >= 11 is 7.23. The molecule has 0 saturated carbocycles. The molecule has 0 spiro atoms. The summed E-state index contributed by atoms with van der Waals surface area (Å²) in [6, 6.07) is 13.0. The molecule has 0 bridgehead atoms. The van der Waals surface area contributed by atoms with E-state index in [0.717, 1.165) is 5.75 Å². The van der Waals surface area contributed by atoms with E-state index in [1.807, 2.05) is 11.8 Å². The van der Waals surface area contributed by atoms with Gasteiger partial charge in [0.2, 0.25) is 0 Å². The van der Waals surface area contributed by atoms with Crippen molar-refractivity contribution < 1.29 is 0 Å². The first-order valence-electron chi connectivity index (χ1n) is 6.25. The zero-order valence-electron chi connectivity index (χ0n) is 11.1. The van der Waals surface area contributed by atoms with Crippen LogP contribution in [0.5, 0.6) is 0 Å². The standard InChI is InChI=1S/C15H18BrNS2/c1-10-5-3-4-6-12(10)9-18-15(11(2)17)13-7-8-14(16)19-13/h3-8,11,15H,9,17H2,1-2H3. The third kappa shape index (κ3) is 4.09. The molecule has 0 radical (unpaired) electrons. The first kappa shape index (κ1) is 15.1. The number of rotatable bonds is 5. The van der Waals surface area contributed by atoms with E-state index in [1.165, 1.54) is 19.8 Å². The Morgan fingerprint density at radius 3 is 2.58 bits per heavy atom. The van der Waals surface area contributed by atoms with E-state index in [1.54, 1.807) is 11.3 Å². The van der Waals surface area contributed by atoms with Gasteiger partial charge < -0.3 is 5.73 Å². The minimum atomic E-state index is 0.152. The van der Waals surface area contributed by atoms with E-state index < -0.39 is 0 Å². The second-order valence-electron chi connectivity index (χ2n) is 4.66. The Morgan fingerprint density at radius 2 is 2.00 bits per heavy atom. The Balaban J connectivity index is 2.08. The van der Waals surface area contributed by atoms with Gasteiger partial charge in [0.05, 0.1) is 9.04 Å². The van der Waals surface area contributed by atoms with Crippen LogP contribution in [0.4, 0.5) is 0 Å². The maximum absolute atomic E-state index is 6.15. The van der Waals surface area contributed by atoms with Crippen molar-refractivity contribution in [1.29, 1.82) is 0 Å². The number of hydrogen-bond acceptors (Lipinski definition) is 3. The van der Waals surface area contributed by atoms with Crippen molar-refractivity contribution in [3.8, 4) is 0 Å². The number of halogens is 1. The van der Waals surface area contributed by atoms with Crippen LogP contribution in [-0.4, -0.2) is 6.04 Å². The molecule has 0 fully saturated rings. The van der Waals surface area contributed by atoms with E-state index in [4.69, 9.17) is 5.73 Å². The zero-order chi connectivity index (χ0) is 13.8. The number of benzene rings is 1. The monoisotopic (exact) mass is 355 g/mol. The summed E-state index contributed by atoms with van der Waals surface area (Å²) in [6.45, 7) is 4.25. The molecule has 0 amide bonds. The Kier molecular flexibility index (Phi) is 5.51. The van der Waals surface area contributed by atoms with Crippen LogP contribution in [0.2, 0.25) is 0 Å². The van der Waals surface area contributed by atoms with Crippen LogP contribution in [0.3, 0.4) is 0 Å². The van der Waals surface area contributed by atoms with E-state index in [9.17, 15) is 0 Å². The highest BCUT2D eigenvalue weighted by atomic mass is 79.9. The maximum atomic E-state index is 6.15. The number of thiophene rings is 1. The first-order valence-corrected chi connectivity index (χ1v) is 8.90. The van der Waals surface area contributed by atoms with Gasteiger partial charge in [-0.1, -0.05) is 24.3 Å². The fourth-order valence-corrected chi connectivity index (χ4v) is 5.02. The molecular formula is C15H18BrNS2. The van der Waals surface area contributed by atoms with Gasteiger partial charge in [0.15, 0.2) is 0 Å². The molecule has 4 heteroatoms. The average molecular weight is 356 g/mol. The third-order valence-corrected chi connectivity index (χ3v) is 6.41. The summed E-state index contributed by atoms with van der Waals surface area (Å²) in [6.07, 6.45) is 0. The van der Waals surface area contributed by atoms with Crippen molar-refractivity contribution in [2.45, 2.75) is 30.9 Å². The molecule has 0 aliphatic heterocycles. The largest absolute Gasteiger partial charge is 0.327 e. The molecule has 1 aromatic heterocycles. The normalized spacial score (nSPS) is 14.3. The molecule has 1 nitrogen and oxygen atoms in total. The van der Waals surface area contributed by atoms with Crippen LogP contribution in [0.1, 0.15) is 28.2 Å². The first-order chi connectivity index (χ1) is 9.08. The molecule has 2 rings (SSSR count). The van der Waals surface area contributed by atoms with Crippen molar-refractivity contribution >= 4 is 39.0 Å². The lowest BCUT2D eigenvalue weighted by Gasteiger charge is -2.19. The summed E-state index contributed by atoms with van der Waals surface area (Å²) in [7, 11) is 0. The molecule has 2 aromatic rings. The van der Waals surface area contributed by atoms with Gasteiger partial charge in [0.25, 0.3) is 0 Å². The molecule has 19 heavy (non-hydrogen) atoms. The summed E-state index contributed by atoms with van der Waals surface area (Å²) in [4.78, 5) is 1.35. The zero-order valence-corrected chi connectivity index (χ0v) is 14.3. The summed E-state index contributed by atoms with van der Waals surface area (Å²) in [5.41, 5.74) is 8.90. The fraction of sp³-hybridized carbons (Fsp3) is 0.333. The SMILES string of the molecule is Cc1ccccc1CSC(c1ccc(Br)s1)C(C)N. The van der Waals surface area contributed by atoms with Crippen molar-refractivity contribution in [2.75, 3.05) is 0 Å². The summed E-state index contributed by atoms with van der Waals surface area (Å²) in [5.74, 6) is 1.01. The van der Waals surface area contributed by atoms with Gasteiger partial charge in [-0.05, 0) is 53.0 Å². The second-order valence-corrected chi connectivity index (χ2v) is 8.28. The van der Waals surface area contributed by atoms with Gasteiger partial charge in [-0.3, -0.25) is 0 Å². The maximum Gasteiger partial charge on any atom is 0.0701 e. The molecule has 102 valence electrons. The number of thioether (sulfide) groups is 1. The highest BCUT2D eigenvalue weighted by molar-refractivity contribution is 9.11. The van der Waals surface area contributed by atoms with Gasteiger partial charge >= 0.3 is 0 Å². The van der Waals surface area contributed by atoms with Gasteiger partial charge in [-0.15, -0.1) is 23.1 Å². The van der Waals surface area contributed by atoms with E-state index >= 15 is 0 Å². The van der Waals surface area contributed by atoms with Gasteiger partial charge in [0, 0.05) is 16.7 Å².